The van der Waals surface area contributed by atoms with Crippen LogP contribution < -0.4 is 5.32 Å². The van der Waals surface area contributed by atoms with Crippen molar-refractivity contribution in [1.29, 1.82) is 0 Å². The van der Waals surface area contributed by atoms with E-state index in [9.17, 15) is 0 Å². The Labute approximate surface area is 91.5 Å². The molecule has 0 saturated carbocycles. The lowest BCUT2D eigenvalue weighted by Gasteiger charge is -2.24. The van der Waals surface area contributed by atoms with Gasteiger partial charge in [0.25, 0.3) is 0 Å². The van der Waals surface area contributed by atoms with Gasteiger partial charge in [-0.2, -0.15) is 0 Å². The topological polar surface area (TPSA) is 12.0 Å². The molecule has 0 atom stereocenters. The van der Waals surface area contributed by atoms with Crippen LogP contribution in [-0.2, 0) is 6.42 Å². The zero-order chi connectivity index (χ0) is 11.0. The van der Waals surface area contributed by atoms with E-state index in [2.05, 4.69) is 43.9 Å². The number of rotatable bonds is 1. The van der Waals surface area contributed by atoms with Crippen molar-refractivity contribution in [2.45, 2.75) is 20.3 Å². The maximum atomic E-state index is 4.20. The summed E-state index contributed by atoms with van der Waals surface area (Å²) in [6.07, 6.45) is 1.03. The maximum absolute atomic E-state index is 4.20. The average Bonchev–Trinajstić information content (AvgIpc) is 2.17. The first-order chi connectivity index (χ1) is 7.15. The molecule has 0 bridgehead atoms. The van der Waals surface area contributed by atoms with Gasteiger partial charge in [0, 0.05) is 12.7 Å². The quantitative estimate of drug-likeness (QED) is 0.733. The highest BCUT2D eigenvalue weighted by molar-refractivity contribution is 5.83. The Morgan fingerprint density at radius 2 is 2.00 bits per heavy atom. The molecular weight excluding hydrogens is 182 g/mol. The van der Waals surface area contributed by atoms with Gasteiger partial charge in [-0.1, -0.05) is 24.8 Å². The van der Waals surface area contributed by atoms with Crippen molar-refractivity contribution in [3.8, 4) is 0 Å². The van der Waals surface area contributed by atoms with Gasteiger partial charge in [-0.25, -0.2) is 0 Å². The number of hydrogen-bond donors (Lipinski definition) is 1. The minimum Gasteiger partial charge on any atom is -0.388 e. The Bertz CT molecular complexity index is 452. The van der Waals surface area contributed by atoms with Crippen LogP contribution in [0.1, 0.15) is 23.6 Å². The molecule has 0 amide bonds. The van der Waals surface area contributed by atoms with Crippen LogP contribution in [0.4, 0.5) is 0 Å². The number of allylic oxidation sites excluding steroid dienone is 2. The van der Waals surface area contributed by atoms with Gasteiger partial charge < -0.3 is 5.32 Å². The minimum atomic E-state index is 1.03. The Balaban J connectivity index is 2.61. The molecule has 0 aromatic heterocycles. The van der Waals surface area contributed by atoms with E-state index in [1.165, 1.54) is 28.0 Å². The lowest BCUT2D eigenvalue weighted by atomic mass is 9.84. The molecule has 0 radical (unpaired) electrons. The fraction of sp³-hybridized carbons (Fsp3) is 0.286. The summed E-state index contributed by atoms with van der Waals surface area (Å²) < 4.78 is 0. The molecule has 0 fully saturated rings. The zero-order valence-corrected chi connectivity index (χ0v) is 9.65. The molecule has 1 aliphatic rings. The number of hydrogen-bond acceptors (Lipinski definition) is 1. The third-order valence-electron chi connectivity index (χ3n) is 3.10. The second-order valence-electron chi connectivity index (χ2n) is 4.17. The van der Waals surface area contributed by atoms with Crippen LogP contribution in [0.15, 0.2) is 36.0 Å². The van der Waals surface area contributed by atoms with E-state index in [4.69, 9.17) is 0 Å². The number of nitrogens with one attached hydrogen (secondary N) is 1. The lowest BCUT2D eigenvalue weighted by Crippen LogP contribution is -2.16. The predicted molar refractivity (Wildman–Crippen MR) is 65.7 cm³/mol. The highest BCUT2D eigenvalue weighted by Gasteiger charge is 2.19. The van der Waals surface area contributed by atoms with Crippen LogP contribution in [0.2, 0.25) is 0 Å². The zero-order valence-electron chi connectivity index (χ0n) is 9.65. The summed E-state index contributed by atoms with van der Waals surface area (Å²) in [5.74, 6) is 0. The first-order valence-electron chi connectivity index (χ1n) is 5.30. The Morgan fingerprint density at radius 1 is 1.27 bits per heavy atom. The molecule has 0 spiro atoms. The van der Waals surface area contributed by atoms with Crippen molar-refractivity contribution >= 4 is 5.57 Å². The number of benzene rings is 1. The molecule has 1 nitrogen and oxygen atoms in total. The molecule has 0 heterocycles. The smallest absolute Gasteiger partial charge is 0.0403 e. The second kappa shape index (κ2) is 3.58. The third-order valence-corrected chi connectivity index (χ3v) is 3.10. The van der Waals surface area contributed by atoms with Crippen molar-refractivity contribution in [2.24, 2.45) is 0 Å². The third kappa shape index (κ3) is 1.48. The summed E-state index contributed by atoms with van der Waals surface area (Å²) >= 11 is 0. The number of fused-ring (bicyclic) bond motifs is 1. The predicted octanol–water partition coefficient (Wildman–Crippen LogP) is 3.06. The SMILES string of the molecule is C=C1C(NC)=C(C)Cc2cccc(C)c21. The molecule has 0 unspecified atom stereocenters. The average molecular weight is 199 g/mol. The first-order valence-corrected chi connectivity index (χ1v) is 5.30. The molecule has 1 aromatic rings. The van der Waals surface area contributed by atoms with Gasteiger partial charge in [0.05, 0.1) is 0 Å². The molecule has 1 heteroatoms. The van der Waals surface area contributed by atoms with Crippen LogP contribution in [0, 0.1) is 6.92 Å². The van der Waals surface area contributed by atoms with Gasteiger partial charge in [-0.15, -0.1) is 0 Å². The lowest BCUT2D eigenvalue weighted by molar-refractivity contribution is 0.952. The monoisotopic (exact) mass is 199 g/mol. The summed E-state index contributed by atoms with van der Waals surface area (Å²) in [6, 6.07) is 6.47. The molecule has 1 N–H and O–H groups in total. The fourth-order valence-electron chi connectivity index (χ4n) is 2.43. The maximum Gasteiger partial charge on any atom is 0.0403 e. The summed E-state index contributed by atoms with van der Waals surface area (Å²) in [7, 11) is 1.97. The highest BCUT2D eigenvalue weighted by atomic mass is 14.8. The van der Waals surface area contributed by atoms with Crippen LogP contribution in [-0.4, -0.2) is 7.05 Å². The molecule has 1 aliphatic carbocycles. The van der Waals surface area contributed by atoms with E-state index in [-0.39, 0.29) is 0 Å². The Hall–Kier alpha value is -1.50. The molecular formula is C14H17N. The van der Waals surface area contributed by atoms with Gasteiger partial charge >= 0.3 is 0 Å². The van der Waals surface area contributed by atoms with Crippen LogP contribution >= 0.6 is 0 Å². The highest BCUT2D eigenvalue weighted by Crippen LogP contribution is 2.34. The van der Waals surface area contributed by atoms with Gasteiger partial charge in [0.15, 0.2) is 0 Å². The summed E-state index contributed by atoms with van der Waals surface area (Å²) in [5.41, 5.74) is 7.76. The van der Waals surface area contributed by atoms with E-state index >= 15 is 0 Å². The van der Waals surface area contributed by atoms with Gasteiger partial charge in [-0.3, -0.25) is 0 Å². The molecule has 1 aromatic carbocycles. The van der Waals surface area contributed by atoms with Gasteiger partial charge in [-0.05, 0) is 48.1 Å². The van der Waals surface area contributed by atoms with Crippen LogP contribution in [0.25, 0.3) is 5.57 Å². The molecule has 0 aliphatic heterocycles. The molecule has 2 rings (SSSR count). The van der Waals surface area contributed by atoms with Crippen molar-refractivity contribution < 1.29 is 0 Å². The van der Waals surface area contributed by atoms with Crippen molar-refractivity contribution in [3.05, 3.63) is 52.7 Å². The normalized spacial score (nSPS) is 15.3. The Kier molecular flexibility index (Phi) is 2.39. The van der Waals surface area contributed by atoms with E-state index in [0.717, 1.165) is 12.0 Å². The van der Waals surface area contributed by atoms with Crippen molar-refractivity contribution in [1.82, 2.24) is 5.32 Å². The van der Waals surface area contributed by atoms with Gasteiger partial charge in [0.2, 0.25) is 0 Å². The summed E-state index contributed by atoms with van der Waals surface area (Å²) in [5, 5.41) is 3.25. The number of aryl methyl sites for hydroxylation is 1. The fourth-order valence-corrected chi connectivity index (χ4v) is 2.43. The van der Waals surface area contributed by atoms with Crippen molar-refractivity contribution in [3.63, 3.8) is 0 Å². The van der Waals surface area contributed by atoms with Crippen LogP contribution in [0.5, 0.6) is 0 Å². The minimum absolute atomic E-state index is 1.03. The Morgan fingerprint density at radius 3 is 2.67 bits per heavy atom. The van der Waals surface area contributed by atoms with E-state index in [1.807, 2.05) is 7.05 Å². The van der Waals surface area contributed by atoms with E-state index in [1.54, 1.807) is 0 Å². The number of likely N-dealkylation sites (N-methyl/N-ethyl adjacent to an activating group) is 1. The van der Waals surface area contributed by atoms with E-state index < -0.39 is 0 Å². The summed E-state index contributed by atoms with van der Waals surface area (Å²) in [4.78, 5) is 0. The molecule has 0 saturated heterocycles. The van der Waals surface area contributed by atoms with Crippen molar-refractivity contribution in [2.75, 3.05) is 7.05 Å². The largest absolute Gasteiger partial charge is 0.388 e. The summed E-state index contributed by atoms with van der Waals surface area (Å²) in [6.45, 7) is 8.52. The molecule has 78 valence electrons. The second-order valence-corrected chi connectivity index (χ2v) is 4.17. The standard InChI is InChI=1S/C14H17N/c1-9-6-5-7-12-8-10(2)14(15-4)11(3)13(9)12/h5-7,15H,3,8H2,1-2,4H3. The van der Waals surface area contributed by atoms with E-state index in [0.29, 0.717) is 0 Å². The molecule has 15 heavy (non-hydrogen) atoms. The first kappa shape index (κ1) is 10.0. The van der Waals surface area contributed by atoms with Gasteiger partial charge in [0.1, 0.15) is 0 Å². The van der Waals surface area contributed by atoms with Crippen LogP contribution in [0.3, 0.4) is 0 Å².